The molecule has 0 aliphatic carbocycles. The fourth-order valence-electron chi connectivity index (χ4n) is 2.90. The molecular formula is C21H13ClF3N5O. The number of halogens is 4. The molecule has 1 aromatic carbocycles. The van der Waals surface area contributed by atoms with Crippen LogP contribution in [0.1, 0.15) is 22.6 Å². The summed E-state index contributed by atoms with van der Waals surface area (Å²) in [7, 11) is 0. The number of benzene rings is 1. The lowest BCUT2D eigenvalue weighted by Crippen LogP contribution is -2.21. The quantitative estimate of drug-likeness (QED) is 0.433. The summed E-state index contributed by atoms with van der Waals surface area (Å²) in [5.74, 6) is -2.62. The first-order chi connectivity index (χ1) is 14.7. The van der Waals surface area contributed by atoms with Crippen LogP contribution in [0.15, 0.2) is 41.3 Å². The molecule has 0 amide bonds. The number of fused-ring (bicyclic) bond motifs is 1. The van der Waals surface area contributed by atoms with Crippen molar-refractivity contribution in [3.8, 4) is 5.69 Å². The topological polar surface area (TPSA) is 73.6 Å². The highest BCUT2D eigenvalue weighted by atomic mass is 35.5. The number of nitrogens with zero attached hydrogens (tertiary/aromatic N) is 5. The van der Waals surface area contributed by atoms with Crippen LogP contribution in [0, 0.1) is 25.6 Å². The first-order valence-corrected chi connectivity index (χ1v) is 9.35. The third-order valence-corrected chi connectivity index (χ3v) is 4.76. The molecule has 31 heavy (non-hydrogen) atoms. The van der Waals surface area contributed by atoms with Gasteiger partial charge in [0.05, 0.1) is 11.4 Å². The van der Waals surface area contributed by atoms with Gasteiger partial charge < -0.3 is 0 Å². The van der Waals surface area contributed by atoms with Crippen LogP contribution in [0.4, 0.5) is 13.2 Å². The lowest BCUT2D eigenvalue weighted by atomic mass is 10.2. The van der Waals surface area contributed by atoms with Crippen LogP contribution in [-0.2, 0) is 0 Å². The Hall–Kier alpha value is -3.59. The molecule has 0 saturated heterocycles. The Balaban J connectivity index is 2.04. The molecule has 156 valence electrons. The zero-order valence-electron chi connectivity index (χ0n) is 16.2. The second kappa shape index (κ2) is 7.92. The Morgan fingerprint density at radius 3 is 2.55 bits per heavy atom. The zero-order chi connectivity index (χ0) is 22.3. The second-order valence-electron chi connectivity index (χ2n) is 6.66. The van der Waals surface area contributed by atoms with Crippen molar-refractivity contribution in [1.29, 1.82) is 0 Å². The Labute approximate surface area is 178 Å². The lowest BCUT2D eigenvalue weighted by Gasteiger charge is -2.12. The van der Waals surface area contributed by atoms with Crippen LogP contribution in [0.25, 0.3) is 28.8 Å². The fraction of sp³-hybridized carbons (Fsp3) is 0.0952. The van der Waals surface area contributed by atoms with Gasteiger partial charge in [-0.15, -0.1) is 0 Å². The third-order valence-electron chi connectivity index (χ3n) is 4.53. The average molecular weight is 444 g/mol. The van der Waals surface area contributed by atoms with Crippen molar-refractivity contribution in [3.63, 3.8) is 0 Å². The summed E-state index contributed by atoms with van der Waals surface area (Å²) in [4.78, 5) is 24.9. The molecule has 3 heterocycles. The number of hydrogen-bond donors (Lipinski definition) is 0. The van der Waals surface area contributed by atoms with E-state index in [-0.39, 0.29) is 27.4 Å². The number of rotatable bonds is 3. The van der Waals surface area contributed by atoms with Crippen LogP contribution in [-0.4, -0.2) is 24.7 Å². The van der Waals surface area contributed by atoms with Crippen molar-refractivity contribution in [2.24, 2.45) is 0 Å². The Morgan fingerprint density at radius 2 is 1.84 bits per heavy atom. The number of aromatic nitrogens is 5. The molecule has 6 nitrogen and oxygen atoms in total. The summed E-state index contributed by atoms with van der Waals surface area (Å²) >= 11 is 5.83. The minimum Gasteiger partial charge on any atom is -0.285 e. The van der Waals surface area contributed by atoms with Crippen molar-refractivity contribution in [2.75, 3.05) is 0 Å². The van der Waals surface area contributed by atoms with Gasteiger partial charge in [0, 0.05) is 17.3 Å². The largest absolute Gasteiger partial charge is 0.285 e. The average Bonchev–Trinajstić information content (AvgIpc) is 2.70. The molecule has 0 radical (unpaired) electrons. The number of aryl methyl sites for hydroxylation is 2. The van der Waals surface area contributed by atoms with Gasteiger partial charge in [0.2, 0.25) is 11.4 Å². The molecule has 0 aliphatic rings. The van der Waals surface area contributed by atoms with E-state index in [1.54, 1.807) is 13.8 Å². The SMILES string of the molecule is Cc1nc2c(=O)c(/C(F)=C/c3ccnc(F)c3)nn(-c3ccc(Cl)cc3F)c2nc1C. The zero-order valence-corrected chi connectivity index (χ0v) is 17.0. The van der Waals surface area contributed by atoms with E-state index < -0.39 is 28.7 Å². The maximum atomic E-state index is 15.1. The van der Waals surface area contributed by atoms with E-state index in [9.17, 15) is 13.6 Å². The Bertz CT molecular complexity index is 1430. The van der Waals surface area contributed by atoms with Gasteiger partial charge in [-0.25, -0.2) is 28.4 Å². The Morgan fingerprint density at radius 1 is 1.10 bits per heavy atom. The van der Waals surface area contributed by atoms with E-state index in [1.807, 2.05) is 0 Å². The molecule has 0 bridgehead atoms. The third kappa shape index (κ3) is 3.91. The van der Waals surface area contributed by atoms with Crippen LogP contribution >= 0.6 is 11.6 Å². The van der Waals surface area contributed by atoms with Gasteiger partial charge in [-0.2, -0.15) is 9.49 Å². The summed E-state index contributed by atoms with van der Waals surface area (Å²) in [6, 6.07) is 6.16. The van der Waals surface area contributed by atoms with Crippen LogP contribution in [0.3, 0.4) is 0 Å². The van der Waals surface area contributed by atoms with Crippen LogP contribution in [0.5, 0.6) is 0 Å². The molecular weight excluding hydrogens is 431 g/mol. The molecule has 4 rings (SSSR count). The number of pyridine rings is 1. The molecule has 0 spiro atoms. The summed E-state index contributed by atoms with van der Waals surface area (Å²) in [6.45, 7) is 3.31. The van der Waals surface area contributed by atoms with E-state index in [1.165, 1.54) is 18.2 Å². The molecule has 0 fully saturated rings. The highest BCUT2D eigenvalue weighted by Crippen LogP contribution is 2.23. The maximum absolute atomic E-state index is 15.1. The van der Waals surface area contributed by atoms with E-state index in [0.717, 1.165) is 29.1 Å². The van der Waals surface area contributed by atoms with Gasteiger partial charge in [0.15, 0.2) is 22.7 Å². The summed E-state index contributed by atoms with van der Waals surface area (Å²) in [5, 5.41) is 4.17. The highest BCUT2D eigenvalue weighted by molar-refractivity contribution is 6.30. The van der Waals surface area contributed by atoms with Crippen LogP contribution in [0.2, 0.25) is 5.02 Å². The van der Waals surface area contributed by atoms with Gasteiger partial charge in [0.1, 0.15) is 11.5 Å². The van der Waals surface area contributed by atoms with Crippen molar-refractivity contribution in [3.05, 3.63) is 86.2 Å². The van der Waals surface area contributed by atoms with Crippen molar-refractivity contribution in [2.45, 2.75) is 13.8 Å². The van der Waals surface area contributed by atoms with Gasteiger partial charge in [-0.05, 0) is 49.8 Å². The summed E-state index contributed by atoms with van der Waals surface area (Å²) in [6.07, 6.45) is 2.08. The second-order valence-corrected chi connectivity index (χ2v) is 7.09. The normalized spacial score (nSPS) is 11.9. The molecule has 0 saturated carbocycles. The fourth-order valence-corrected chi connectivity index (χ4v) is 3.05. The van der Waals surface area contributed by atoms with Crippen molar-refractivity contribution < 1.29 is 13.2 Å². The monoisotopic (exact) mass is 443 g/mol. The van der Waals surface area contributed by atoms with Gasteiger partial charge in [0.25, 0.3) is 0 Å². The molecule has 0 N–H and O–H groups in total. The first-order valence-electron chi connectivity index (χ1n) is 8.97. The molecule has 3 aromatic heterocycles. The van der Waals surface area contributed by atoms with Crippen molar-refractivity contribution >= 4 is 34.7 Å². The van der Waals surface area contributed by atoms with E-state index in [4.69, 9.17) is 11.6 Å². The molecule has 0 atom stereocenters. The standard InChI is InChI=1S/C21H13ClF3N5O/c1-10-11(2)28-21-19(27-10)20(31)18(15(24)7-12-5-6-26-17(25)8-12)29-30(21)16-4-3-13(22)9-14(16)23/h3-9H,1-2H3/b15-7-. The van der Waals surface area contributed by atoms with Gasteiger partial charge in [-0.3, -0.25) is 4.79 Å². The predicted molar refractivity (Wildman–Crippen MR) is 111 cm³/mol. The summed E-state index contributed by atoms with van der Waals surface area (Å²) < 4.78 is 44.0. The molecule has 4 aromatic rings. The summed E-state index contributed by atoms with van der Waals surface area (Å²) in [5.41, 5.74) is -0.722. The van der Waals surface area contributed by atoms with E-state index >= 15 is 4.39 Å². The Kier molecular flexibility index (Phi) is 5.28. The smallest absolute Gasteiger partial charge is 0.238 e. The van der Waals surface area contributed by atoms with E-state index in [0.29, 0.717) is 11.4 Å². The first kappa shape index (κ1) is 20.7. The maximum Gasteiger partial charge on any atom is 0.238 e. The van der Waals surface area contributed by atoms with Crippen LogP contribution < -0.4 is 5.43 Å². The highest BCUT2D eigenvalue weighted by Gasteiger charge is 2.20. The minimum atomic E-state index is -1.05. The molecule has 0 aliphatic heterocycles. The predicted octanol–water partition coefficient (Wildman–Crippen LogP) is 4.59. The van der Waals surface area contributed by atoms with Gasteiger partial charge in [-0.1, -0.05) is 11.6 Å². The molecule has 10 heteroatoms. The molecule has 0 unspecified atom stereocenters. The lowest BCUT2D eigenvalue weighted by molar-refractivity contribution is 0.583. The minimum absolute atomic E-state index is 0.0409. The number of hydrogen-bond acceptors (Lipinski definition) is 5. The van der Waals surface area contributed by atoms with E-state index in [2.05, 4.69) is 20.1 Å². The van der Waals surface area contributed by atoms with Crippen molar-refractivity contribution in [1.82, 2.24) is 24.7 Å². The van der Waals surface area contributed by atoms with Gasteiger partial charge >= 0.3 is 0 Å².